The maximum atomic E-state index is 13.2. The summed E-state index contributed by atoms with van der Waals surface area (Å²) in [6.07, 6.45) is 3.26. The maximum Gasteiger partial charge on any atom is 0.228 e. The molecule has 0 radical (unpaired) electrons. The minimum atomic E-state index is -0.0443. The van der Waals surface area contributed by atoms with Gasteiger partial charge in [0.25, 0.3) is 0 Å². The van der Waals surface area contributed by atoms with Gasteiger partial charge >= 0.3 is 0 Å². The fourth-order valence-electron chi connectivity index (χ4n) is 3.32. The second-order valence-corrected chi connectivity index (χ2v) is 7.39. The summed E-state index contributed by atoms with van der Waals surface area (Å²) in [5, 5.41) is 10.4. The van der Waals surface area contributed by atoms with Crippen LogP contribution in [-0.2, 0) is 30.8 Å². The molecule has 1 amide bonds. The van der Waals surface area contributed by atoms with Gasteiger partial charge in [0, 0.05) is 17.8 Å². The van der Waals surface area contributed by atoms with Gasteiger partial charge in [-0.05, 0) is 36.9 Å². The highest BCUT2D eigenvalue weighted by molar-refractivity contribution is 7.09. The van der Waals surface area contributed by atoms with Gasteiger partial charge in [0.2, 0.25) is 5.91 Å². The molecule has 25 heavy (non-hydrogen) atoms. The van der Waals surface area contributed by atoms with E-state index in [4.69, 9.17) is 4.42 Å². The van der Waals surface area contributed by atoms with Crippen LogP contribution in [0.15, 0.2) is 40.3 Å². The number of carbonyl (C=O) groups excluding carboxylic acids is 1. The summed E-state index contributed by atoms with van der Waals surface area (Å²) >= 11 is 1.67. The molecule has 6 nitrogen and oxygen atoms in total. The first-order valence-corrected chi connectivity index (χ1v) is 9.31. The van der Waals surface area contributed by atoms with Crippen LogP contribution in [0.3, 0.4) is 0 Å². The average molecular weight is 356 g/mol. The smallest absolute Gasteiger partial charge is 0.228 e. The molecule has 0 aliphatic carbocycles. The Balaban J connectivity index is 1.53. The first kappa shape index (κ1) is 16.1. The highest BCUT2D eigenvalue weighted by Gasteiger charge is 2.30. The number of amides is 1. The monoisotopic (exact) mass is 356 g/mol. The SMILES string of the molecule is Cc1nnc2n1C[C@H](C(=O)N(Cc1ccco1)Cc1cccs1)CC2. The second kappa shape index (κ2) is 6.84. The van der Waals surface area contributed by atoms with Crippen LogP contribution in [-0.4, -0.2) is 25.6 Å². The number of carbonyl (C=O) groups is 1. The first-order chi connectivity index (χ1) is 12.2. The van der Waals surface area contributed by atoms with Gasteiger partial charge in [-0.3, -0.25) is 4.79 Å². The lowest BCUT2D eigenvalue weighted by molar-refractivity contribution is -0.138. The van der Waals surface area contributed by atoms with E-state index < -0.39 is 0 Å². The molecule has 0 aromatic carbocycles. The summed E-state index contributed by atoms with van der Waals surface area (Å²) in [6, 6.07) is 7.85. The van der Waals surface area contributed by atoms with Crippen LogP contribution < -0.4 is 0 Å². The van der Waals surface area contributed by atoms with Gasteiger partial charge in [-0.15, -0.1) is 21.5 Å². The van der Waals surface area contributed by atoms with E-state index in [2.05, 4.69) is 20.8 Å². The van der Waals surface area contributed by atoms with E-state index >= 15 is 0 Å². The summed E-state index contributed by atoms with van der Waals surface area (Å²) < 4.78 is 7.54. The molecule has 3 aromatic heterocycles. The van der Waals surface area contributed by atoms with E-state index in [1.165, 1.54) is 4.88 Å². The van der Waals surface area contributed by atoms with Crippen molar-refractivity contribution in [3.05, 3.63) is 58.2 Å². The van der Waals surface area contributed by atoms with Crippen molar-refractivity contribution in [1.29, 1.82) is 0 Å². The van der Waals surface area contributed by atoms with Gasteiger partial charge in [-0.2, -0.15) is 0 Å². The summed E-state index contributed by atoms with van der Waals surface area (Å²) in [5.41, 5.74) is 0. The Morgan fingerprint density at radius 2 is 2.28 bits per heavy atom. The topological polar surface area (TPSA) is 64.2 Å². The lowest BCUT2D eigenvalue weighted by Crippen LogP contribution is -2.39. The number of fused-ring (bicyclic) bond motifs is 1. The highest BCUT2D eigenvalue weighted by Crippen LogP contribution is 2.24. The van der Waals surface area contributed by atoms with Crippen LogP contribution in [0, 0.1) is 12.8 Å². The Hall–Kier alpha value is -2.41. The zero-order valence-electron chi connectivity index (χ0n) is 14.1. The maximum absolute atomic E-state index is 13.2. The third-order valence-electron chi connectivity index (χ3n) is 4.65. The molecule has 3 aromatic rings. The van der Waals surface area contributed by atoms with Gasteiger partial charge in [0.05, 0.1) is 25.3 Å². The van der Waals surface area contributed by atoms with Crippen LogP contribution in [0.2, 0.25) is 0 Å². The predicted octanol–water partition coefficient (Wildman–Crippen LogP) is 3.03. The van der Waals surface area contributed by atoms with Crippen LogP contribution >= 0.6 is 11.3 Å². The lowest BCUT2D eigenvalue weighted by atomic mass is 9.97. The highest BCUT2D eigenvalue weighted by atomic mass is 32.1. The van der Waals surface area contributed by atoms with Gasteiger partial charge < -0.3 is 13.9 Å². The number of aromatic nitrogens is 3. The standard InChI is InChI=1S/C18H20N4O2S/c1-13-19-20-17-7-6-14(10-22(13)17)18(23)21(11-15-4-2-8-24-15)12-16-5-3-9-25-16/h2-5,8-9,14H,6-7,10-12H2,1H3/t14-/m1/s1. The van der Waals surface area contributed by atoms with Crippen LogP contribution in [0.5, 0.6) is 0 Å². The van der Waals surface area contributed by atoms with Gasteiger partial charge in [0.1, 0.15) is 17.4 Å². The van der Waals surface area contributed by atoms with E-state index in [0.29, 0.717) is 19.6 Å². The summed E-state index contributed by atoms with van der Waals surface area (Å²) in [6.45, 7) is 3.71. The largest absolute Gasteiger partial charge is 0.467 e. The molecule has 0 fully saturated rings. The molecule has 0 spiro atoms. The van der Waals surface area contributed by atoms with Crippen LogP contribution in [0.4, 0.5) is 0 Å². The van der Waals surface area contributed by atoms with E-state index in [9.17, 15) is 4.79 Å². The molecule has 1 aliphatic heterocycles. The van der Waals surface area contributed by atoms with Crippen molar-refractivity contribution in [1.82, 2.24) is 19.7 Å². The minimum Gasteiger partial charge on any atom is -0.467 e. The normalized spacial score (nSPS) is 16.6. The molecule has 4 rings (SSSR count). The molecule has 0 N–H and O–H groups in total. The number of rotatable bonds is 5. The zero-order valence-corrected chi connectivity index (χ0v) is 14.9. The first-order valence-electron chi connectivity index (χ1n) is 8.43. The average Bonchev–Trinajstić information content (AvgIpc) is 3.37. The Morgan fingerprint density at radius 1 is 1.36 bits per heavy atom. The van der Waals surface area contributed by atoms with Gasteiger partial charge in [-0.1, -0.05) is 6.07 Å². The lowest BCUT2D eigenvalue weighted by Gasteiger charge is -2.29. The quantitative estimate of drug-likeness (QED) is 0.705. The molecule has 0 saturated carbocycles. The summed E-state index contributed by atoms with van der Waals surface area (Å²) in [4.78, 5) is 16.3. The number of hydrogen-bond donors (Lipinski definition) is 0. The molecule has 7 heteroatoms. The third kappa shape index (κ3) is 3.37. The molecule has 1 aliphatic rings. The van der Waals surface area contributed by atoms with Crippen molar-refractivity contribution in [2.75, 3.05) is 0 Å². The van der Waals surface area contributed by atoms with E-state index in [1.807, 2.05) is 35.4 Å². The van der Waals surface area contributed by atoms with Gasteiger partial charge in [-0.25, -0.2) is 0 Å². The molecule has 0 bridgehead atoms. The number of furan rings is 1. The molecule has 0 saturated heterocycles. The van der Waals surface area contributed by atoms with E-state index in [0.717, 1.165) is 30.3 Å². The van der Waals surface area contributed by atoms with Crippen molar-refractivity contribution in [3.63, 3.8) is 0 Å². The van der Waals surface area contributed by atoms with Crippen molar-refractivity contribution in [2.24, 2.45) is 5.92 Å². The Kier molecular flexibility index (Phi) is 4.40. The molecular weight excluding hydrogens is 336 g/mol. The second-order valence-electron chi connectivity index (χ2n) is 6.36. The molecular formula is C18H20N4O2S. The van der Waals surface area contributed by atoms with Crippen LogP contribution in [0.25, 0.3) is 0 Å². The van der Waals surface area contributed by atoms with Crippen molar-refractivity contribution < 1.29 is 9.21 Å². The molecule has 130 valence electrons. The van der Waals surface area contributed by atoms with E-state index in [-0.39, 0.29) is 11.8 Å². The Bertz CT molecular complexity index is 802. The molecule has 4 heterocycles. The Morgan fingerprint density at radius 3 is 3.04 bits per heavy atom. The number of aryl methyl sites for hydroxylation is 2. The van der Waals surface area contributed by atoms with Crippen LogP contribution in [0.1, 0.15) is 28.7 Å². The fourth-order valence-corrected chi connectivity index (χ4v) is 4.03. The Labute approximate surface area is 150 Å². The van der Waals surface area contributed by atoms with Gasteiger partial charge in [0.15, 0.2) is 0 Å². The van der Waals surface area contributed by atoms with Crippen molar-refractivity contribution in [2.45, 2.75) is 39.4 Å². The fraction of sp³-hybridized carbons (Fsp3) is 0.389. The number of nitrogens with zero attached hydrogens (tertiary/aromatic N) is 4. The third-order valence-corrected chi connectivity index (χ3v) is 5.51. The molecule has 1 atom stereocenters. The van der Waals surface area contributed by atoms with Crippen molar-refractivity contribution in [3.8, 4) is 0 Å². The zero-order chi connectivity index (χ0) is 17.2. The predicted molar refractivity (Wildman–Crippen MR) is 93.9 cm³/mol. The summed E-state index contributed by atoms with van der Waals surface area (Å²) in [7, 11) is 0. The van der Waals surface area contributed by atoms with Crippen molar-refractivity contribution >= 4 is 17.2 Å². The summed E-state index contributed by atoms with van der Waals surface area (Å²) in [5.74, 6) is 2.79. The van der Waals surface area contributed by atoms with E-state index in [1.54, 1.807) is 17.6 Å². The number of hydrogen-bond acceptors (Lipinski definition) is 5. The number of thiophene rings is 1. The minimum absolute atomic E-state index is 0.0443. The molecule has 0 unspecified atom stereocenters.